The van der Waals surface area contributed by atoms with Gasteiger partial charge < -0.3 is 5.32 Å². The first-order chi connectivity index (χ1) is 13.2. The van der Waals surface area contributed by atoms with Gasteiger partial charge in [0.25, 0.3) is 10.1 Å². The summed E-state index contributed by atoms with van der Waals surface area (Å²) >= 11 is 0. The molecule has 6 nitrogen and oxygen atoms in total. The van der Waals surface area contributed by atoms with E-state index in [1.54, 1.807) is 0 Å². The molecule has 0 spiro atoms. The predicted octanol–water partition coefficient (Wildman–Crippen LogP) is 2.47. The van der Waals surface area contributed by atoms with Crippen LogP contribution >= 0.6 is 0 Å². The van der Waals surface area contributed by atoms with Crippen molar-refractivity contribution in [3.8, 4) is 0 Å². The maximum atomic E-state index is 13.2. The van der Waals surface area contributed by atoms with Crippen LogP contribution in [0.4, 0.5) is 8.78 Å². The summed E-state index contributed by atoms with van der Waals surface area (Å²) in [5.74, 6) is -1.82. The second-order valence-electron chi connectivity index (χ2n) is 6.46. The smallest absolute Gasteiger partial charge is 0.298 e. The van der Waals surface area contributed by atoms with E-state index in [-0.39, 0.29) is 9.79 Å². The molecule has 2 aromatic carbocycles. The molecule has 0 saturated carbocycles. The first-order valence-electron chi connectivity index (χ1n) is 8.59. The van der Waals surface area contributed by atoms with E-state index in [1.165, 1.54) is 0 Å². The van der Waals surface area contributed by atoms with Gasteiger partial charge in [0.1, 0.15) is 11.6 Å². The van der Waals surface area contributed by atoms with E-state index in [9.17, 15) is 25.6 Å². The van der Waals surface area contributed by atoms with Crippen molar-refractivity contribution < 1.29 is 29.8 Å². The molecule has 2 aromatic rings. The molecule has 1 aliphatic heterocycles. The number of hydrogen-bond acceptors (Lipinski definition) is 6. The molecule has 28 heavy (non-hydrogen) atoms. The highest BCUT2D eigenvalue weighted by molar-refractivity contribution is 7.93. The lowest BCUT2D eigenvalue weighted by Crippen LogP contribution is -2.40. The van der Waals surface area contributed by atoms with Crippen molar-refractivity contribution in [1.29, 1.82) is 0 Å². The Morgan fingerprint density at radius 2 is 1.29 bits per heavy atom. The molecule has 1 N–H and O–H groups in total. The minimum atomic E-state index is -4.47. The van der Waals surface area contributed by atoms with Crippen molar-refractivity contribution in [2.24, 2.45) is 5.92 Å². The summed E-state index contributed by atoms with van der Waals surface area (Å²) in [7, 11) is -8.70. The quantitative estimate of drug-likeness (QED) is 0.558. The highest BCUT2D eigenvalue weighted by Crippen LogP contribution is 2.31. The summed E-state index contributed by atoms with van der Waals surface area (Å²) in [6.07, 6.45) is 0.786. The second-order valence-corrected chi connectivity index (χ2v) is 10.1. The molecule has 0 aromatic heterocycles. The van der Waals surface area contributed by atoms with Gasteiger partial charge in [-0.25, -0.2) is 21.4 Å². The number of halogens is 2. The lowest BCUT2D eigenvalue weighted by atomic mass is 9.99. The molecule has 1 saturated heterocycles. The van der Waals surface area contributed by atoms with E-state index in [1.807, 2.05) is 0 Å². The highest BCUT2D eigenvalue weighted by atomic mass is 32.2. The number of benzene rings is 2. The summed E-state index contributed by atoms with van der Waals surface area (Å²) in [6, 6.07) is 8.04. The average Bonchev–Trinajstić information content (AvgIpc) is 2.67. The summed E-state index contributed by atoms with van der Waals surface area (Å²) in [6.45, 7) is 1.03. The third-order valence-electron chi connectivity index (χ3n) is 4.54. The predicted molar refractivity (Wildman–Crippen MR) is 97.6 cm³/mol. The van der Waals surface area contributed by atoms with E-state index in [0.717, 1.165) is 48.5 Å². The van der Waals surface area contributed by atoms with E-state index in [0.29, 0.717) is 25.9 Å². The Kier molecular flexibility index (Phi) is 6.13. The van der Waals surface area contributed by atoms with Crippen molar-refractivity contribution >= 4 is 20.0 Å². The van der Waals surface area contributed by atoms with Gasteiger partial charge in [0.2, 0.25) is 9.84 Å². The molecule has 1 atom stereocenters. The SMILES string of the molecule is O=S(=O)(OC(C1CCNCC1)S(=O)(=O)c1ccc(F)cc1)c1ccc(F)cc1. The number of nitrogens with one attached hydrogen (secondary N) is 1. The van der Waals surface area contributed by atoms with Crippen LogP contribution in [0.15, 0.2) is 58.3 Å². The molecule has 1 aliphatic rings. The summed E-state index contributed by atoms with van der Waals surface area (Å²) in [4.78, 5) is -0.575. The number of rotatable bonds is 6. The average molecular weight is 431 g/mol. The normalized spacial score (nSPS) is 17.4. The van der Waals surface area contributed by atoms with Crippen molar-refractivity contribution in [2.45, 2.75) is 28.1 Å². The van der Waals surface area contributed by atoms with Crippen LogP contribution in [0, 0.1) is 17.6 Å². The fourth-order valence-electron chi connectivity index (χ4n) is 3.04. The van der Waals surface area contributed by atoms with Crippen molar-refractivity contribution in [1.82, 2.24) is 5.32 Å². The Morgan fingerprint density at radius 3 is 1.79 bits per heavy atom. The zero-order chi connectivity index (χ0) is 20.4. The van der Waals surface area contributed by atoms with Gasteiger partial charge in [0.15, 0.2) is 5.44 Å². The Labute approximate surface area is 162 Å². The molecule has 152 valence electrons. The standard InChI is InChI=1S/C18H19F2NO5S2/c19-14-1-5-16(6-2-14)27(22,23)18(13-9-11-21-12-10-13)26-28(24,25)17-7-3-15(20)4-8-17/h1-8,13,18,21H,9-12H2. The minimum Gasteiger partial charge on any atom is -0.317 e. The van der Waals surface area contributed by atoms with Crippen LogP contribution < -0.4 is 5.32 Å². The van der Waals surface area contributed by atoms with Gasteiger partial charge in [-0.2, -0.15) is 8.42 Å². The molecular weight excluding hydrogens is 412 g/mol. The third-order valence-corrected chi connectivity index (χ3v) is 7.99. The van der Waals surface area contributed by atoms with Crippen LogP contribution in [-0.2, 0) is 24.1 Å². The van der Waals surface area contributed by atoms with E-state index >= 15 is 0 Å². The molecule has 10 heteroatoms. The second kappa shape index (κ2) is 8.24. The fourth-order valence-corrected chi connectivity index (χ4v) is 6.31. The molecule has 1 unspecified atom stereocenters. The first-order valence-corrected chi connectivity index (χ1v) is 11.5. The Balaban J connectivity index is 1.99. The largest absolute Gasteiger partial charge is 0.317 e. The molecule has 1 heterocycles. The molecule has 0 radical (unpaired) electrons. The monoisotopic (exact) mass is 431 g/mol. The van der Waals surface area contributed by atoms with Crippen LogP contribution in [-0.4, -0.2) is 35.4 Å². The minimum absolute atomic E-state index is 0.230. The van der Waals surface area contributed by atoms with E-state index in [4.69, 9.17) is 4.18 Å². The van der Waals surface area contributed by atoms with Crippen LogP contribution in [0.1, 0.15) is 12.8 Å². The Hall–Kier alpha value is -1.88. The summed E-state index contributed by atoms with van der Waals surface area (Å²) in [5.41, 5.74) is -1.67. The lowest BCUT2D eigenvalue weighted by molar-refractivity contribution is 0.180. The molecule has 1 fully saturated rings. The van der Waals surface area contributed by atoms with Gasteiger partial charge in [0, 0.05) is 5.92 Å². The van der Waals surface area contributed by atoms with Crippen molar-refractivity contribution in [2.75, 3.05) is 13.1 Å². The van der Waals surface area contributed by atoms with Crippen LogP contribution in [0.2, 0.25) is 0 Å². The van der Waals surface area contributed by atoms with Crippen LogP contribution in [0.25, 0.3) is 0 Å². The maximum absolute atomic E-state index is 13.2. The van der Waals surface area contributed by atoms with Gasteiger partial charge in [-0.15, -0.1) is 0 Å². The molecular formula is C18H19F2NO5S2. The lowest BCUT2D eigenvalue weighted by Gasteiger charge is -2.29. The van der Waals surface area contributed by atoms with Crippen LogP contribution in [0.3, 0.4) is 0 Å². The Bertz CT molecular complexity index is 1020. The molecule has 0 bridgehead atoms. The van der Waals surface area contributed by atoms with E-state index < -0.39 is 42.9 Å². The highest BCUT2D eigenvalue weighted by Gasteiger charge is 2.40. The number of sulfone groups is 1. The zero-order valence-electron chi connectivity index (χ0n) is 14.7. The van der Waals surface area contributed by atoms with Crippen LogP contribution in [0.5, 0.6) is 0 Å². The Morgan fingerprint density at radius 1 is 0.821 bits per heavy atom. The maximum Gasteiger partial charge on any atom is 0.298 e. The zero-order valence-corrected chi connectivity index (χ0v) is 16.3. The topological polar surface area (TPSA) is 89.5 Å². The molecule has 3 rings (SSSR count). The molecule has 0 aliphatic carbocycles. The van der Waals surface area contributed by atoms with Gasteiger partial charge in [-0.1, -0.05) is 0 Å². The van der Waals surface area contributed by atoms with Gasteiger partial charge >= 0.3 is 0 Å². The first kappa shape index (κ1) is 20.8. The van der Waals surface area contributed by atoms with E-state index in [2.05, 4.69) is 5.32 Å². The summed E-state index contributed by atoms with van der Waals surface area (Å²) < 4.78 is 83.0. The summed E-state index contributed by atoms with van der Waals surface area (Å²) in [5, 5.41) is 3.08. The fraction of sp³-hybridized carbons (Fsp3) is 0.333. The molecule has 0 amide bonds. The van der Waals surface area contributed by atoms with Gasteiger partial charge in [0.05, 0.1) is 9.79 Å². The van der Waals surface area contributed by atoms with Crippen molar-refractivity contribution in [3.05, 3.63) is 60.2 Å². The third kappa shape index (κ3) is 4.57. The number of piperidine rings is 1. The van der Waals surface area contributed by atoms with Gasteiger partial charge in [-0.05, 0) is 74.5 Å². The number of hydrogen-bond donors (Lipinski definition) is 1. The van der Waals surface area contributed by atoms with Gasteiger partial charge in [-0.3, -0.25) is 0 Å². The van der Waals surface area contributed by atoms with Crippen molar-refractivity contribution in [3.63, 3.8) is 0 Å².